The van der Waals surface area contributed by atoms with Gasteiger partial charge < -0.3 is 29.7 Å². The van der Waals surface area contributed by atoms with Gasteiger partial charge in [0.2, 0.25) is 11.8 Å². The van der Waals surface area contributed by atoms with Crippen LogP contribution in [-0.2, 0) is 25.7 Å². The first-order valence-corrected chi connectivity index (χ1v) is 15.2. The van der Waals surface area contributed by atoms with Crippen molar-refractivity contribution < 1.29 is 29.0 Å². The summed E-state index contributed by atoms with van der Waals surface area (Å²) in [7, 11) is 1.55. The molecule has 12 heteroatoms. The number of ether oxygens (including phenoxy) is 2. The van der Waals surface area contributed by atoms with Crippen LogP contribution in [0.3, 0.4) is 0 Å². The summed E-state index contributed by atoms with van der Waals surface area (Å²) in [5, 5.41) is 13.2. The Bertz CT molecular complexity index is 1790. The number of hydrogen-bond donors (Lipinski definition) is 2. The van der Waals surface area contributed by atoms with E-state index >= 15 is 0 Å². The molecule has 4 aromatic rings. The number of carboxylic acid groups (broad SMARTS) is 1. The average Bonchev–Trinajstić information content (AvgIpc) is 3.05. The Hall–Kier alpha value is -4.48. The third kappa shape index (κ3) is 7.66. The van der Waals surface area contributed by atoms with Gasteiger partial charge in [-0.15, -0.1) is 0 Å². The minimum absolute atomic E-state index is 0.0284. The maximum absolute atomic E-state index is 13.0. The second-order valence-corrected chi connectivity index (χ2v) is 11.6. The minimum Gasteiger partial charge on any atom is -0.478 e. The van der Waals surface area contributed by atoms with Crippen LogP contribution in [0, 0.1) is 0 Å². The topological polar surface area (TPSA) is 121 Å². The number of fused-ring (bicyclic) bond motifs is 1. The molecule has 0 radical (unpaired) electrons. The van der Waals surface area contributed by atoms with Crippen molar-refractivity contribution in [2.75, 3.05) is 43.1 Å². The van der Waals surface area contributed by atoms with Crippen LogP contribution in [0.1, 0.15) is 28.4 Å². The number of nitrogens with zero attached hydrogens (tertiary/aromatic N) is 3. The summed E-state index contributed by atoms with van der Waals surface area (Å²) in [6.45, 7) is 3.16. The highest BCUT2D eigenvalue weighted by molar-refractivity contribution is 6.38. The summed E-state index contributed by atoms with van der Waals surface area (Å²) in [4.78, 5) is 44.4. The highest BCUT2D eigenvalue weighted by Gasteiger charge is 2.34. The maximum Gasteiger partial charge on any atom is 0.335 e. The van der Waals surface area contributed by atoms with Gasteiger partial charge in [0.05, 0.1) is 53.8 Å². The number of amides is 2. The van der Waals surface area contributed by atoms with Crippen LogP contribution < -0.4 is 15.1 Å². The Balaban J connectivity index is 1.20. The number of pyridine rings is 1. The lowest BCUT2D eigenvalue weighted by Gasteiger charge is -2.41. The van der Waals surface area contributed by atoms with E-state index in [1.807, 2.05) is 37.3 Å². The zero-order valence-electron chi connectivity index (χ0n) is 25.2. The normalized spacial score (nSPS) is 16.5. The number of aromatic carboxylic acids is 1. The van der Waals surface area contributed by atoms with E-state index < -0.39 is 23.6 Å². The molecular weight excluding hydrogens is 631 g/mol. The van der Waals surface area contributed by atoms with Crippen LogP contribution in [0.2, 0.25) is 10.0 Å². The number of nitrogens with one attached hydrogen (secondary N) is 1. The summed E-state index contributed by atoms with van der Waals surface area (Å²) >= 11 is 13.3. The van der Waals surface area contributed by atoms with E-state index in [-0.39, 0.29) is 23.7 Å². The quantitative estimate of drug-likeness (QED) is 0.204. The van der Waals surface area contributed by atoms with Gasteiger partial charge in [-0.1, -0.05) is 53.5 Å². The van der Waals surface area contributed by atoms with Gasteiger partial charge in [0.1, 0.15) is 0 Å². The van der Waals surface area contributed by atoms with Crippen LogP contribution >= 0.6 is 23.2 Å². The second-order valence-electron chi connectivity index (χ2n) is 10.8. The van der Waals surface area contributed by atoms with Crippen molar-refractivity contribution >= 4 is 69.3 Å². The molecule has 0 spiro atoms. The molecule has 1 aromatic heterocycles. The molecule has 2 amide bonds. The third-order valence-electron chi connectivity index (χ3n) is 7.62. The van der Waals surface area contributed by atoms with Crippen molar-refractivity contribution in [3.8, 4) is 0 Å². The van der Waals surface area contributed by atoms with Crippen molar-refractivity contribution in [3.05, 3.63) is 106 Å². The molecule has 1 aliphatic rings. The van der Waals surface area contributed by atoms with E-state index in [0.717, 1.165) is 16.6 Å². The van der Waals surface area contributed by atoms with Crippen molar-refractivity contribution in [2.45, 2.75) is 19.3 Å². The van der Waals surface area contributed by atoms with Gasteiger partial charge in [-0.2, -0.15) is 0 Å². The van der Waals surface area contributed by atoms with Gasteiger partial charge in [0.25, 0.3) is 0 Å². The average molecular weight is 664 g/mol. The largest absolute Gasteiger partial charge is 0.478 e. The third-order valence-corrected chi connectivity index (χ3v) is 8.40. The lowest BCUT2D eigenvalue weighted by molar-refractivity contribution is -0.234. The molecule has 2 N–H and O–H groups in total. The van der Waals surface area contributed by atoms with E-state index in [4.69, 9.17) is 37.8 Å². The molecule has 10 nitrogen and oxygen atoms in total. The van der Waals surface area contributed by atoms with Gasteiger partial charge in [0.15, 0.2) is 5.79 Å². The lowest BCUT2D eigenvalue weighted by atomic mass is 10.1. The number of halogens is 2. The van der Waals surface area contributed by atoms with Gasteiger partial charge in [-0.3, -0.25) is 14.6 Å². The van der Waals surface area contributed by atoms with Gasteiger partial charge in [0, 0.05) is 41.8 Å². The lowest BCUT2D eigenvalue weighted by Crippen LogP contribution is -2.51. The summed E-state index contributed by atoms with van der Waals surface area (Å²) < 4.78 is 12.3. The number of carbonyl (C=O) groups is 3. The monoisotopic (exact) mass is 662 g/mol. The fourth-order valence-electron chi connectivity index (χ4n) is 5.06. The summed E-state index contributed by atoms with van der Waals surface area (Å²) in [6.07, 6.45) is 4.56. The number of benzene rings is 3. The molecule has 0 aliphatic carbocycles. The van der Waals surface area contributed by atoms with Crippen LogP contribution in [0.25, 0.3) is 17.0 Å². The van der Waals surface area contributed by atoms with E-state index in [9.17, 15) is 14.4 Å². The zero-order valence-corrected chi connectivity index (χ0v) is 26.7. The van der Waals surface area contributed by atoms with Crippen molar-refractivity contribution in [1.29, 1.82) is 0 Å². The number of morpholine rings is 1. The predicted octanol–water partition coefficient (Wildman–Crippen LogP) is 5.80. The molecule has 1 unspecified atom stereocenters. The zero-order chi connectivity index (χ0) is 32.8. The molecule has 5 rings (SSSR count). The predicted molar refractivity (Wildman–Crippen MR) is 178 cm³/mol. The molecule has 1 aliphatic heterocycles. The number of carboxylic acids is 1. The van der Waals surface area contributed by atoms with E-state index in [1.165, 1.54) is 29.2 Å². The second kappa shape index (κ2) is 14.3. The molecule has 1 fully saturated rings. The fraction of sp³-hybridized carbons (Fsp3) is 0.235. The minimum atomic E-state index is -1.04. The number of rotatable bonds is 10. The van der Waals surface area contributed by atoms with E-state index in [1.54, 1.807) is 37.5 Å². The van der Waals surface area contributed by atoms with Gasteiger partial charge in [-0.05, 0) is 55.0 Å². The summed E-state index contributed by atoms with van der Waals surface area (Å²) in [5.41, 5.74) is 3.57. The molecular formula is C34H32Cl2N4O6. The molecule has 1 saturated heterocycles. The Morgan fingerprint density at radius 3 is 2.63 bits per heavy atom. The van der Waals surface area contributed by atoms with E-state index in [0.29, 0.717) is 41.5 Å². The summed E-state index contributed by atoms with van der Waals surface area (Å²) in [5.74, 6) is -2.92. The number of hydrogen-bond acceptors (Lipinski definition) is 7. The first-order valence-electron chi connectivity index (χ1n) is 14.4. The van der Waals surface area contributed by atoms with Gasteiger partial charge >= 0.3 is 5.97 Å². The molecule has 238 valence electrons. The highest BCUT2D eigenvalue weighted by Crippen LogP contribution is 2.36. The van der Waals surface area contributed by atoms with E-state index in [2.05, 4.69) is 15.2 Å². The maximum atomic E-state index is 13.0. The molecule has 1 atom stereocenters. The molecule has 46 heavy (non-hydrogen) atoms. The molecule has 0 bridgehead atoms. The van der Waals surface area contributed by atoms with Crippen molar-refractivity contribution in [2.24, 2.45) is 0 Å². The number of para-hydroxylation sites is 1. The Morgan fingerprint density at radius 2 is 1.87 bits per heavy atom. The first kappa shape index (κ1) is 32.9. The van der Waals surface area contributed by atoms with Crippen LogP contribution in [0.15, 0.2) is 79.0 Å². The Kier molecular flexibility index (Phi) is 10.2. The highest BCUT2D eigenvalue weighted by atomic mass is 35.5. The number of anilines is 2. The van der Waals surface area contributed by atoms with Gasteiger partial charge in [-0.25, -0.2) is 4.79 Å². The number of aromatic nitrogens is 1. The molecule has 2 heterocycles. The Morgan fingerprint density at radius 1 is 1.11 bits per heavy atom. The van der Waals surface area contributed by atoms with Crippen molar-refractivity contribution in [3.63, 3.8) is 0 Å². The van der Waals surface area contributed by atoms with Crippen LogP contribution in [-0.4, -0.2) is 67.0 Å². The fourth-order valence-corrected chi connectivity index (χ4v) is 5.67. The van der Waals surface area contributed by atoms with Crippen LogP contribution in [0.4, 0.5) is 11.4 Å². The van der Waals surface area contributed by atoms with Crippen LogP contribution in [0.5, 0.6) is 0 Å². The standard InChI is InChI=1S/C34H32Cl2N4O6/c1-34(21-40(17-18-45-34)28-7-3-5-23-6-4-16-37-32(23)28)46-20-25-26(35)13-14-27(31(25)36)39(2)30(42)19-38-29(41)15-10-22-8-11-24(12-9-22)33(43)44/h3-16H,17-21H2,1-2H3,(H,38,41)(H,43,44). The summed E-state index contributed by atoms with van der Waals surface area (Å²) in [6, 6.07) is 19.3. The van der Waals surface area contributed by atoms with Crippen molar-refractivity contribution in [1.82, 2.24) is 10.3 Å². The smallest absolute Gasteiger partial charge is 0.335 e. The molecule has 0 saturated carbocycles. The molecule has 3 aromatic carbocycles. The first-order chi connectivity index (χ1) is 22.0. The SMILES string of the molecule is CN(C(=O)CNC(=O)C=Cc1ccc(C(=O)O)cc1)c1ccc(Cl)c(COC2(C)CN(c3cccc4cccnc34)CCO2)c1Cl. The number of carbonyl (C=O) groups excluding carboxylic acids is 2. The Labute approximate surface area is 276 Å². The number of likely N-dealkylation sites (N-methyl/N-ethyl adjacent to an activating group) is 1.